The number of nitrogens with one attached hydrogen (secondary N) is 2. The number of hydrogen-bond acceptors (Lipinski definition) is 7. The van der Waals surface area contributed by atoms with Gasteiger partial charge in [-0.3, -0.25) is 9.69 Å². The molecule has 0 saturated carbocycles. The van der Waals surface area contributed by atoms with Crippen LogP contribution in [0.15, 0.2) is 18.2 Å². The van der Waals surface area contributed by atoms with Crippen molar-refractivity contribution in [2.45, 2.75) is 12.5 Å². The fourth-order valence-corrected chi connectivity index (χ4v) is 2.72. The van der Waals surface area contributed by atoms with Crippen molar-refractivity contribution in [2.75, 3.05) is 49.2 Å². The Morgan fingerprint density at radius 3 is 2.86 bits per heavy atom. The maximum atomic E-state index is 14.6. The van der Waals surface area contributed by atoms with Crippen LogP contribution in [0.5, 0.6) is 0 Å². The van der Waals surface area contributed by atoms with Crippen molar-refractivity contribution in [1.82, 2.24) is 10.6 Å². The van der Waals surface area contributed by atoms with E-state index in [-0.39, 0.29) is 37.7 Å². The molecule has 1 saturated heterocycles. The molecule has 0 bridgehead atoms. The maximum absolute atomic E-state index is 14.6. The summed E-state index contributed by atoms with van der Waals surface area (Å²) in [5.41, 5.74) is 6.11. The van der Waals surface area contributed by atoms with E-state index < -0.39 is 30.3 Å². The lowest BCUT2D eigenvalue weighted by Gasteiger charge is -2.24. The molecular weight excluding hydrogens is 393 g/mol. The second-order valence-electron chi connectivity index (χ2n) is 6.08. The van der Waals surface area contributed by atoms with Crippen LogP contribution in [0.3, 0.4) is 0 Å². The topological polar surface area (TPSA) is 124 Å². The van der Waals surface area contributed by atoms with Crippen molar-refractivity contribution >= 4 is 23.4 Å². The van der Waals surface area contributed by atoms with Gasteiger partial charge in [-0.05, 0) is 18.2 Å². The van der Waals surface area contributed by atoms with Gasteiger partial charge in [-0.2, -0.15) is 14.0 Å². The van der Waals surface area contributed by atoms with E-state index in [1.54, 1.807) is 4.90 Å². The minimum Gasteiger partial charge on any atom is -0.442 e. The van der Waals surface area contributed by atoms with Crippen LogP contribution in [0.2, 0.25) is 0 Å². The predicted octanol–water partition coefficient (Wildman–Crippen LogP) is 0.368. The quantitative estimate of drug-likeness (QED) is 0.287. The number of alkyl halides is 2. The smallest absolute Gasteiger partial charge is 0.414 e. The van der Waals surface area contributed by atoms with Gasteiger partial charge in [0.25, 0.3) is 5.91 Å². The van der Waals surface area contributed by atoms with Gasteiger partial charge < -0.3 is 26.0 Å². The van der Waals surface area contributed by atoms with Gasteiger partial charge in [0.2, 0.25) is 0 Å². The van der Waals surface area contributed by atoms with E-state index in [0.29, 0.717) is 13.1 Å². The number of nitriles is 1. The molecule has 1 unspecified atom stereocenters. The maximum Gasteiger partial charge on any atom is 0.414 e. The number of nitrogens with two attached hydrogens (primary N) is 1. The first-order chi connectivity index (χ1) is 13.9. The van der Waals surface area contributed by atoms with Crippen molar-refractivity contribution in [3.63, 3.8) is 0 Å². The number of amides is 2. The summed E-state index contributed by atoms with van der Waals surface area (Å²) in [5.74, 6) is -2.07. The first-order valence-corrected chi connectivity index (χ1v) is 8.73. The van der Waals surface area contributed by atoms with Crippen molar-refractivity contribution < 1.29 is 27.5 Å². The van der Waals surface area contributed by atoms with E-state index >= 15 is 0 Å². The van der Waals surface area contributed by atoms with Gasteiger partial charge in [0, 0.05) is 13.1 Å². The molecular formula is C17H21F3N6O3. The Bertz CT molecular complexity index is 773. The highest BCUT2D eigenvalue weighted by Crippen LogP contribution is 2.27. The number of carbonyl (C=O) groups is 2. The monoisotopic (exact) mass is 414 g/mol. The van der Waals surface area contributed by atoms with Gasteiger partial charge in [0.1, 0.15) is 11.9 Å². The van der Waals surface area contributed by atoms with Gasteiger partial charge in [-0.25, -0.2) is 9.18 Å². The second kappa shape index (κ2) is 10.5. The summed E-state index contributed by atoms with van der Waals surface area (Å²) in [4.78, 5) is 25.6. The molecule has 158 valence electrons. The Hall–Kier alpha value is -3.04. The molecule has 1 heterocycles. The molecule has 1 aliphatic rings. The van der Waals surface area contributed by atoms with E-state index in [0.717, 1.165) is 11.0 Å². The first-order valence-electron chi connectivity index (χ1n) is 8.73. The molecule has 0 aromatic heterocycles. The highest BCUT2D eigenvalue weighted by molar-refractivity contribution is 5.90. The Kier molecular flexibility index (Phi) is 8.05. The summed E-state index contributed by atoms with van der Waals surface area (Å²) in [6.07, 6.45) is -4.77. The minimum atomic E-state index is -3.16. The second-order valence-corrected chi connectivity index (χ2v) is 6.08. The third kappa shape index (κ3) is 5.97. The fraction of sp³-hybridized carbons (Fsp3) is 0.471. The number of rotatable bonds is 10. The fourth-order valence-electron chi connectivity index (χ4n) is 2.72. The van der Waals surface area contributed by atoms with Crippen LogP contribution in [-0.2, 0) is 9.53 Å². The van der Waals surface area contributed by atoms with Crippen LogP contribution >= 0.6 is 0 Å². The summed E-state index contributed by atoms with van der Waals surface area (Å²) in [5, 5.41) is 13.3. The van der Waals surface area contributed by atoms with Crippen LogP contribution < -0.4 is 26.2 Å². The zero-order valence-electron chi connectivity index (χ0n) is 15.4. The van der Waals surface area contributed by atoms with E-state index in [4.69, 9.17) is 15.7 Å². The average Bonchev–Trinajstić information content (AvgIpc) is 3.07. The molecule has 9 nitrogen and oxygen atoms in total. The highest BCUT2D eigenvalue weighted by atomic mass is 19.3. The third-order valence-electron chi connectivity index (χ3n) is 4.14. The van der Waals surface area contributed by atoms with Crippen molar-refractivity contribution in [2.24, 2.45) is 5.73 Å². The van der Waals surface area contributed by atoms with Gasteiger partial charge in [0.05, 0.1) is 43.7 Å². The van der Waals surface area contributed by atoms with Crippen molar-refractivity contribution in [3.05, 3.63) is 24.0 Å². The molecule has 1 aromatic carbocycles. The molecule has 0 aliphatic carbocycles. The predicted molar refractivity (Wildman–Crippen MR) is 97.9 cm³/mol. The lowest BCUT2D eigenvalue weighted by molar-refractivity contribution is -0.132. The molecule has 4 N–H and O–H groups in total. The average molecular weight is 414 g/mol. The van der Waals surface area contributed by atoms with Gasteiger partial charge in [0.15, 0.2) is 0 Å². The minimum absolute atomic E-state index is 0.0280. The normalized spacial score (nSPS) is 15.9. The molecule has 1 fully saturated rings. The molecule has 1 atom stereocenters. The molecule has 2 rings (SSSR count). The molecule has 1 aliphatic heterocycles. The number of benzene rings is 1. The number of hydrogen-bond donors (Lipinski definition) is 3. The number of cyclic esters (lactones) is 1. The Morgan fingerprint density at radius 1 is 1.48 bits per heavy atom. The Balaban J connectivity index is 2.00. The van der Waals surface area contributed by atoms with Gasteiger partial charge in [-0.1, -0.05) is 0 Å². The SMILES string of the molecule is N#CCNCCN(CN)c1ccc(N2CC(CNC(=O)C(F)F)OC2=O)cc1F. The Morgan fingerprint density at radius 2 is 2.24 bits per heavy atom. The van der Waals surface area contributed by atoms with E-state index in [2.05, 4.69) is 5.32 Å². The van der Waals surface area contributed by atoms with Crippen LogP contribution in [0.4, 0.5) is 29.3 Å². The Labute approximate surface area is 165 Å². The standard InChI is InChI=1S/C17H21F3N6O3/c18-13-7-11(1-2-14(13)25(10-22)6-5-23-4-3-21)26-9-12(29-17(26)28)8-24-16(27)15(19)20/h1-2,7,12,15,23H,4-6,8-10,22H2,(H,24,27). The molecule has 0 spiro atoms. The zero-order chi connectivity index (χ0) is 21.4. The lowest BCUT2D eigenvalue weighted by atomic mass is 10.2. The molecule has 1 aromatic rings. The number of halogens is 3. The summed E-state index contributed by atoms with van der Waals surface area (Å²) < 4.78 is 44.0. The number of ether oxygens (including phenoxy) is 1. The lowest BCUT2D eigenvalue weighted by Crippen LogP contribution is -2.37. The summed E-state index contributed by atoms with van der Waals surface area (Å²) in [6.45, 7) is 0.697. The zero-order valence-corrected chi connectivity index (χ0v) is 15.4. The summed E-state index contributed by atoms with van der Waals surface area (Å²) in [6, 6.07) is 6.04. The first kappa shape index (κ1) is 22.3. The molecule has 29 heavy (non-hydrogen) atoms. The van der Waals surface area contributed by atoms with Crippen molar-refractivity contribution in [1.29, 1.82) is 5.26 Å². The largest absolute Gasteiger partial charge is 0.442 e. The van der Waals surface area contributed by atoms with E-state index in [1.807, 2.05) is 11.4 Å². The summed E-state index contributed by atoms with van der Waals surface area (Å²) in [7, 11) is 0. The number of nitrogens with zero attached hydrogens (tertiary/aromatic N) is 3. The van der Waals surface area contributed by atoms with Crippen LogP contribution in [0.1, 0.15) is 0 Å². The highest BCUT2D eigenvalue weighted by Gasteiger charge is 2.33. The summed E-state index contributed by atoms with van der Waals surface area (Å²) >= 11 is 0. The van der Waals surface area contributed by atoms with Gasteiger partial charge >= 0.3 is 12.5 Å². The van der Waals surface area contributed by atoms with Crippen molar-refractivity contribution in [3.8, 4) is 6.07 Å². The van der Waals surface area contributed by atoms with Crippen LogP contribution in [0, 0.1) is 17.1 Å². The van der Waals surface area contributed by atoms with E-state index in [9.17, 15) is 22.8 Å². The van der Waals surface area contributed by atoms with Gasteiger partial charge in [-0.15, -0.1) is 0 Å². The van der Waals surface area contributed by atoms with Crippen LogP contribution in [0.25, 0.3) is 0 Å². The van der Waals surface area contributed by atoms with Crippen LogP contribution in [-0.4, -0.2) is 63.9 Å². The molecule has 0 radical (unpaired) electrons. The number of anilines is 2. The molecule has 2 amide bonds. The third-order valence-corrected chi connectivity index (χ3v) is 4.14. The van der Waals surface area contributed by atoms with E-state index in [1.165, 1.54) is 12.1 Å². The number of carbonyl (C=O) groups excluding carboxylic acids is 2. The molecule has 12 heteroatoms.